The molecule has 75 heavy (non-hydrogen) atoms. The number of carbonyl (C=O) groups excluding carboxylic acids is 3. The quantitative estimate of drug-likeness (QED) is 0.0261. The topological polar surface area (TPSA) is 78.9 Å². The van der Waals surface area contributed by atoms with Gasteiger partial charge in [-0.3, -0.25) is 14.4 Å². The van der Waals surface area contributed by atoms with Crippen molar-refractivity contribution in [3.8, 4) is 0 Å². The van der Waals surface area contributed by atoms with Crippen LogP contribution in [0, 0.1) is 0 Å². The first-order valence-electron chi connectivity index (χ1n) is 32.8. The predicted octanol–water partition coefficient (Wildman–Crippen LogP) is 22.3. The second-order valence-electron chi connectivity index (χ2n) is 22.0. The largest absolute Gasteiger partial charge is 0.462 e. The summed E-state index contributed by atoms with van der Waals surface area (Å²) in [4.78, 5) is 38.4. The molecule has 0 amide bonds. The molecule has 0 saturated heterocycles. The second kappa shape index (κ2) is 63.6. The van der Waals surface area contributed by atoms with Crippen LogP contribution in [0.25, 0.3) is 0 Å². The van der Waals surface area contributed by atoms with Crippen LogP contribution in [0.5, 0.6) is 0 Å². The summed E-state index contributed by atoms with van der Waals surface area (Å²) >= 11 is 0. The number of esters is 3. The lowest BCUT2D eigenvalue weighted by molar-refractivity contribution is -0.167. The van der Waals surface area contributed by atoms with E-state index in [1.165, 1.54) is 205 Å². The van der Waals surface area contributed by atoms with Gasteiger partial charge in [-0.25, -0.2) is 0 Å². The Hall–Kier alpha value is -2.89. The van der Waals surface area contributed by atoms with Crippen LogP contribution in [-0.2, 0) is 28.6 Å². The van der Waals surface area contributed by atoms with E-state index in [2.05, 4.69) is 81.5 Å². The third kappa shape index (κ3) is 61.8. The molecule has 0 aliphatic rings. The van der Waals surface area contributed by atoms with Gasteiger partial charge in [-0.2, -0.15) is 0 Å². The fraction of sp³-hybridized carbons (Fsp3) is 0.812. The van der Waals surface area contributed by atoms with E-state index in [-0.39, 0.29) is 31.1 Å². The van der Waals surface area contributed by atoms with Gasteiger partial charge in [0.15, 0.2) is 6.10 Å². The van der Waals surface area contributed by atoms with E-state index < -0.39 is 6.10 Å². The van der Waals surface area contributed by atoms with Crippen molar-refractivity contribution in [3.63, 3.8) is 0 Å². The van der Waals surface area contributed by atoms with Gasteiger partial charge in [0, 0.05) is 19.3 Å². The lowest BCUT2D eigenvalue weighted by Crippen LogP contribution is -2.30. The lowest BCUT2D eigenvalue weighted by Gasteiger charge is -2.18. The lowest BCUT2D eigenvalue weighted by atomic mass is 10.0. The Balaban J connectivity index is 4.36. The highest BCUT2D eigenvalue weighted by Gasteiger charge is 2.19. The summed E-state index contributed by atoms with van der Waals surface area (Å²) in [5.41, 5.74) is 0. The Bertz CT molecular complexity index is 1340. The van der Waals surface area contributed by atoms with E-state index in [4.69, 9.17) is 14.2 Å². The minimum Gasteiger partial charge on any atom is -0.462 e. The Morgan fingerprint density at radius 3 is 0.827 bits per heavy atom. The Kier molecular flexibility index (Phi) is 61.2. The highest BCUT2D eigenvalue weighted by molar-refractivity contribution is 5.71. The number of carbonyl (C=O) groups is 3. The number of ether oxygens (including phenoxy) is 3. The number of hydrogen-bond donors (Lipinski definition) is 0. The zero-order chi connectivity index (χ0) is 54.3. The summed E-state index contributed by atoms with van der Waals surface area (Å²) in [6, 6.07) is 0. The Morgan fingerprint density at radius 1 is 0.280 bits per heavy atom. The molecule has 0 bridgehead atoms. The molecule has 0 fully saturated rings. The molecule has 0 aliphatic carbocycles. The molecule has 436 valence electrons. The van der Waals surface area contributed by atoms with E-state index in [0.29, 0.717) is 19.3 Å². The Labute approximate surface area is 466 Å². The molecule has 6 heteroatoms. The third-order valence-electron chi connectivity index (χ3n) is 14.5. The van der Waals surface area contributed by atoms with Gasteiger partial charge in [0.25, 0.3) is 0 Å². The van der Waals surface area contributed by atoms with Crippen LogP contribution in [-0.4, -0.2) is 37.2 Å². The van der Waals surface area contributed by atoms with Gasteiger partial charge in [-0.15, -0.1) is 0 Å². The first kappa shape index (κ1) is 72.1. The van der Waals surface area contributed by atoms with E-state index in [1.807, 2.05) is 0 Å². The van der Waals surface area contributed by atoms with Crippen molar-refractivity contribution in [2.75, 3.05) is 13.2 Å². The SMILES string of the molecule is CC/C=C\C/C=C\C/C=C\C/C=C\CCCCCCC(=O)OC[C@H](COC(=O)CCCCCCCCCCCCCCCCCCCCC)OC(=O)CCCCCCCCCCCCC/C=C\CCCCCCCC. The second-order valence-corrected chi connectivity index (χ2v) is 22.0. The van der Waals surface area contributed by atoms with Crippen molar-refractivity contribution in [2.45, 2.75) is 348 Å². The van der Waals surface area contributed by atoms with Gasteiger partial charge < -0.3 is 14.2 Å². The molecular weight excluding hydrogens is 925 g/mol. The molecule has 6 nitrogen and oxygen atoms in total. The molecule has 0 aromatic carbocycles. The summed E-state index contributed by atoms with van der Waals surface area (Å²) in [6.07, 6.45) is 80.8. The molecule has 0 aliphatic heterocycles. The van der Waals surface area contributed by atoms with Crippen molar-refractivity contribution in [2.24, 2.45) is 0 Å². The maximum Gasteiger partial charge on any atom is 0.306 e. The van der Waals surface area contributed by atoms with Crippen LogP contribution in [0.2, 0.25) is 0 Å². The molecule has 1 atom stereocenters. The van der Waals surface area contributed by atoms with Crippen LogP contribution in [0.3, 0.4) is 0 Å². The molecule has 0 aromatic rings. The first-order chi connectivity index (χ1) is 37.0. The van der Waals surface area contributed by atoms with Crippen LogP contribution in [0.15, 0.2) is 60.8 Å². The number of hydrogen-bond acceptors (Lipinski definition) is 6. The number of rotatable bonds is 60. The summed E-state index contributed by atoms with van der Waals surface area (Å²) in [6.45, 7) is 6.56. The maximum atomic E-state index is 12.9. The summed E-state index contributed by atoms with van der Waals surface area (Å²) in [5.74, 6) is -0.883. The molecule has 0 radical (unpaired) electrons. The average molecular weight is 1050 g/mol. The number of unbranched alkanes of at least 4 members (excludes halogenated alkanes) is 39. The molecule has 0 aromatic heterocycles. The van der Waals surface area contributed by atoms with E-state index in [0.717, 1.165) is 96.3 Å². The van der Waals surface area contributed by atoms with Gasteiger partial charge in [-0.1, -0.05) is 300 Å². The zero-order valence-electron chi connectivity index (χ0n) is 50.1. The standard InChI is InChI=1S/C69H124O6/c1-4-7-10-13-16-19-22-25-28-31-33-34-36-39-42-45-48-51-54-57-60-63-69(72)75-66(64-73-67(70)61-58-55-52-49-46-43-40-37-30-27-24-21-18-15-12-9-6-3)65-74-68(71)62-59-56-53-50-47-44-41-38-35-32-29-26-23-20-17-14-11-8-5-2/h9,12,18,21,25,27-28,30,40,43,66H,4-8,10-11,13-17,19-20,22-24,26,29,31-39,41-42,44-65H2,1-3H3/b12-9-,21-18-,28-25-,30-27-,43-40-/t66-/m1/s1. The van der Waals surface area contributed by atoms with Crippen LogP contribution in [0.4, 0.5) is 0 Å². The molecule has 0 spiro atoms. The maximum absolute atomic E-state index is 12.9. The van der Waals surface area contributed by atoms with Gasteiger partial charge >= 0.3 is 17.9 Å². The average Bonchev–Trinajstić information content (AvgIpc) is 3.41. The van der Waals surface area contributed by atoms with Gasteiger partial charge in [0.05, 0.1) is 0 Å². The number of allylic oxidation sites excluding steroid dienone is 10. The van der Waals surface area contributed by atoms with E-state index in [9.17, 15) is 14.4 Å². The molecular formula is C69H124O6. The van der Waals surface area contributed by atoms with Gasteiger partial charge in [0.2, 0.25) is 0 Å². The van der Waals surface area contributed by atoms with Crippen molar-refractivity contribution >= 4 is 17.9 Å². The third-order valence-corrected chi connectivity index (χ3v) is 14.5. The van der Waals surface area contributed by atoms with Crippen molar-refractivity contribution in [1.29, 1.82) is 0 Å². The minimum atomic E-state index is -0.784. The summed E-state index contributed by atoms with van der Waals surface area (Å²) in [7, 11) is 0. The normalized spacial score (nSPS) is 12.4. The Morgan fingerprint density at radius 2 is 0.520 bits per heavy atom. The minimum absolute atomic E-state index is 0.0787. The fourth-order valence-corrected chi connectivity index (χ4v) is 9.61. The molecule has 0 heterocycles. The van der Waals surface area contributed by atoms with Gasteiger partial charge in [-0.05, 0) is 83.5 Å². The molecule has 0 N–H and O–H groups in total. The monoisotopic (exact) mass is 1050 g/mol. The van der Waals surface area contributed by atoms with E-state index in [1.54, 1.807) is 0 Å². The summed E-state index contributed by atoms with van der Waals surface area (Å²) in [5, 5.41) is 0. The van der Waals surface area contributed by atoms with Crippen molar-refractivity contribution in [3.05, 3.63) is 60.8 Å². The van der Waals surface area contributed by atoms with Crippen LogP contribution < -0.4 is 0 Å². The molecule has 0 unspecified atom stereocenters. The van der Waals surface area contributed by atoms with Crippen molar-refractivity contribution < 1.29 is 28.6 Å². The highest BCUT2D eigenvalue weighted by Crippen LogP contribution is 2.17. The smallest absolute Gasteiger partial charge is 0.306 e. The predicted molar refractivity (Wildman–Crippen MR) is 325 cm³/mol. The molecule has 0 saturated carbocycles. The first-order valence-corrected chi connectivity index (χ1v) is 32.8. The molecule has 0 rings (SSSR count). The van der Waals surface area contributed by atoms with Crippen LogP contribution >= 0.6 is 0 Å². The van der Waals surface area contributed by atoms with E-state index >= 15 is 0 Å². The zero-order valence-corrected chi connectivity index (χ0v) is 50.1. The summed E-state index contributed by atoms with van der Waals surface area (Å²) < 4.78 is 16.9. The van der Waals surface area contributed by atoms with Gasteiger partial charge in [0.1, 0.15) is 13.2 Å². The van der Waals surface area contributed by atoms with Crippen LogP contribution in [0.1, 0.15) is 342 Å². The fourth-order valence-electron chi connectivity index (χ4n) is 9.61. The van der Waals surface area contributed by atoms with Crippen molar-refractivity contribution in [1.82, 2.24) is 0 Å². The highest BCUT2D eigenvalue weighted by atomic mass is 16.6.